The molecule has 11 aromatic heterocycles. The maximum Gasteiger partial charge on any atom is 0.253 e. The molecule has 0 bridgehead atoms. The van der Waals surface area contributed by atoms with Crippen molar-refractivity contribution in [1.82, 2.24) is 84.1 Å². The SMILES string of the molecule is Cc1cnc2c(c1)nc(-c1cccnc1N)n2-c1ccc(CCNC(=O)c2c[nH]c3ccccc23)cc1.Cc1cnc2c(c1)nc(-c1cccnc1N)n2-c1ccc(CNC(=O)CCC2CCCCC2)cc1.Cc1cnc2c(c1)nc(-c1cccnc1N)n2-c1ccc(CNC(=O)c2ccccc2-n2cccc2)cc1. The van der Waals surface area contributed by atoms with Crippen molar-refractivity contribution in [2.45, 2.75) is 85.2 Å². The van der Waals surface area contributed by atoms with Crippen LogP contribution >= 0.6 is 0 Å². The Labute approximate surface area is 634 Å². The van der Waals surface area contributed by atoms with Crippen LogP contribution in [0.2, 0.25) is 0 Å². The van der Waals surface area contributed by atoms with Crippen LogP contribution < -0.4 is 33.2 Å². The van der Waals surface area contributed by atoms with Crippen LogP contribution in [0, 0.1) is 26.7 Å². The molecule has 23 heteroatoms. The Morgan fingerprint density at radius 3 is 1.40 bits per heavy atom. The van der Waals surface area contributed by atoms with Crippen LogP contribution in [0.5, 0.6) is 0 Å². The van der Waals surface area contributed by atoms with Crippen LogP contribution in [0.15, 0.2) is 244 Å². The van der Waals surface area contributed by atoms with E-state index in [1.165, 1.54) is 32.1 Å². The number of benzene rings is 5. The average Bonchev–Trinajstić information content (AvgIpc) is 1.62. The molecule has 0 saturated heterocycles. The number of hydrogen-bond donors (Lipinski definition) is 7. The van der Waals surface area contributed by atoms with Gasteiger partial charge in [-0.3, -0.25) is 28.1 Å². The van der Waals surface area contributed by atoms with E-state index in [1.807, 2.05) is 246 Å². The zero-order chi connectivity index (χ0) is 75.6. The van der Waals surface area contributed by atoms with Gasteiger partial charge in [0.2, 0.25) is 5.91 Å². The number of carbonyl (C=O) groups excluding carboxylic acids is 3. The molecule has 1 aliphatic carbocycles. The van der Waals surface area contributed by atoms with E-state index in [0.717, 1.165) is 130 Å². The number of anilines is 3. The molecule has 0 unspecified atom stereocenters. The van der Waals surface area contributed by atoms with E-state index in [1.54, 1.807) is 24.8 Å². The molecule has 0 atom stereocenters. The van der Waals surface area contributed by atoms with Gasteiger partial charge in [0.15, 0.2) is 34.4 Å². The van der Waals surface area contributed by atoms with E-state index in [2.05, 4.69) is 63.0 Å². The molecule has 10 N–H and O–H groups in total. The van der Waals surface area contributed by atoms with Gasteiger partial charge in [0, 0.05) is 110 Å². The molecular weight excluding hydrogens is 1370 g/mol. The van der Waals surface area contributed by atoms with E-state index < -0.39 is 0 Å². The number of aromatic amines is 1. The van der Waals surface area contributed by atoms with Gasteiger partial charge in [0.05, 0.1) is 33.5 Å². The van der Waals surface area contributed by atoms with Gasteiger partial charge in [-0.25, -0.2) is 44.9 Å². The number of para-hydroxylation sites is 2. The highest BCUT2D eigenvalue weighted by Crippen LogP contribution is 2.35. The van der Waals surface area contributed by atoms with Crippen LogP contribution in [0.3, 0.4) is 0 Å². The van der Waals surface area contributed by atoms with Crippen molar-refractivity contribution < 1.29 is 14.4 Å². The van der Waals surface area contributed by atoms with Gasteiger partial charge >= 0.3 is 0 Å². The van der Waals surface area contributed by atoms with E-state index in [4.69, 9.17) is 32.2 Å². The predicted molar refractivity (Wildman–Crippen MR) is 433 cm³/mol. The number of hydrogen-bond acceptors (Lipinski definition) is 15. The minimum atomic E-state index is -0.132. The third-order valence-corrected chi connectivity index (χ3v) is 19.7. The molecule has 0 spiro atoms. The molecule has 11 heterocycles. The Balaban J connectivity index is 0.000000131. The summed E-state index contributed by atoms with van der Waals surface area (Å²) in [5, 5.41) is 10.1. The van der Waals surface area contributed by atoms with Crippen molar-refractivity contribution in [1.29, 1.82) is 0 Å². The van der Waals surface area contributed by atoms with Crippen molar-refractivity contribution in [2.24, 2.45) is 5.92 Å². The van der Waals surface area contributed by atoms with Gasteiger partial charge in [-0.05, 0) is 194 Å². The summed E-state index contributed by atoms with van der Waals surface area (Å²) in [6.07, 6.45) is 25.0. The first-order valence-electron chi connectivity index (χ1n) is 36.8. The summed E-state index contributed by atoms with van der Waals surface area (Å²) in [6, 6.07) is 60.8. The first-order valence-corrected chi connectivity index (χ1v) is 36.8. The molecule has 1 aliphatic rings. The highest BCUT2D eigenvalue weighted by molar-refractivity contribution is 6.06. The van der Waals surface area contributed by atoms with Crippen LogP contribution in [-0.4, -0.2) is 92.4 Å². The Hall–Kier alpha value is -14.0. The number of carbonyl (C=O) groups is 3. The second kappa shape index (κ2) is 32.4. The molecule has 1 saturated carbocycles. The van der Waals surface area contributed by atoms with Gasteiger partial charge in [-0.2, -0.15) is 0 Å². The van der Waals surface area contributed by atoms with Gasteiger partial charge < -0.3 is 42.7 Å². The molecule has 3 amide bonds. The fourth-order valence-corrected chi connectivity index (χ4v) is 14.1. The fourth-order valence-electron chi connectivity index (χ4n) is 14.1. The monoisotopic (exact) mass is 1450 g/mol. The standard InChI is InChI=1S/C30H25N7O.C29H25N7O.C28H32N6O/c1-20-17-25-29(33-18-20)37(28(35-25)24-8-6-14-32-27(24)31)22-12-10-21(11-13-22)19-34-30(38)23-7-2-3-9-26(23)36-15-4-5-16-36;1-18-15-25-28(34-16-18)36(27(35-25)22-6-4-13-31-26(22)30)20-10-8-19(9-11-20)12-14-32-29(37)23-17-33-24-7-3-2-5-21(23)24;1-19-16-24-28(32-17-19)34(27(33-24)23-8-5-15-30-26(23)29)22-12-9-21(10-13-22)18-31-25(35)14-11-20-6-3-2-4-7-20/h2-18H,19H2,1H3,(H2,31,32)(H,34,38);2-11,13,15-17,33H,12,14H2,1H3,(H2,30,31)(H,32,37);5,8-10,12-13,15-17,20H,2-4,6-7,11,14,18H2,1H3,(H2,29,30)(H,31,35). The van der Waals surface area contributed by atoms with Gasteiger partial charge in [0.1, 0.15) is 34.0 Å². The Bertz CT molecular complexity index is 5970. The van der Waals surface area contributed by atoms with E-state index in [9.17, 15) is 14.4 Å². The number of imidazole rings is 3. The first kappa shape index (κ1) is 71.6. The topological polar surface area (TPSA) is 317 Å². The van der Waals surface area contributed by atoms with Crippen molar-refractivity contribution >= 4 is 79.6 Å². The molecule has 1 fully saturated rings. The number of fused-ring (bicyclic) bond motifs is 4. The average molecular weight is 1460 g/mol. The first-order chi connectivity index (χ1) is 53.7. The quantitative estimate of drug-likeness (QED) is 0.0396. The number of nitrogens with two attached hydrogens (primary N) is 3. The van der Waals surface area contributed by atoms with Gasteiger partial charge in [-0.1, -0.05) is 98.8 Å². The third-order valence-electron chi connectivity index (χ3n) is 19.7. The Morgan fingerprint density at radius 1 is 0.464 bits per heavy atom. The Kier molecular flexibility index (Phi) is 21.1. The molecule has 548 valence electrons. The molecule has 0 radical (unpaired) electrons. The smallest absolute Gasteiger partial charge is 0.253 e. The summed E-state index contributed by atoms with van der Waals surface area (Å²) in [5.74, 6) is 3.95. The van der Waals surface area contributed by atoms with Crippen molar-refractivity contribution in [3.8, 4) is 56.9 Å². The highest BCUT2D eigenvalue weighted by Gasteiger charge is 2.23. The number of nitrogens with one attached hydrogen (secondary N) is 4. The Morgan fingerprint density at radius 2 is 0.909 bits per heavy atom. The molecule has 17 rings (SSSR count). The minimum absolute atomic E-state index is 0.0842. The summed E-state index contributed by atoms with van der Waals surface area (Å²) in [4.78, 5) is 82.5. The minimum Gasteiger partial charge on any atom is -0.383 e. The molecule has 5 aromatic carbocycles. The second-order valence-electron chi connectivity index (χ2n) is 27.6. The van der Waals surface area contributed by atoms with E-state index >= 15 is 0 Å². The zero-order valence-electron chi connectivity index (χ0n) is 61.2. The number of pyridine rings is 6. The third kappa shape index (κ3) is 15.8. The number of amides is 3. The number of nitrogens with zero attached hydrogens (tertiary/aromatic N) is 13. The van der Waals surface area contributed by atoms with Crippen molar-refractivity contribution in [3.63, 3.8) is 0 Å². The number of aryl methyl sites for hydroxylation is 3. The summed E-state index contributed by atoms with van der Waals surface area (Å²) < 4.78 is 7.93. The maximum absolute atomic E-state index is 13.0. The van der Waals surface area contributed by atoms with Crippen LogP contribution in [0.4, 0.5) is 17.5 Å². The van der Waals surface area contributed by atoms with Crippen molar-refractivity contribution in [2.75, 3.05) is 23.7 Å². The predicted octanol–water partition coefficient (Wildman–Crippen LogP) is 15.3. The molecule has 16 aromatic rings. The lowest BCUT2D eigenvalue weighted by molar-refractivity contribution is -0.121. The van der Waals surface area contributed by atoms with Crippen LogP contribution in [0.25, 0.3) is 101 Å². The van der Waals surface area contributed by atoms with E-state index in [0.29, 0.717) is 78.5 Å². The molecule has 110 heavy (non-hydrogen) atoms. The number of aromatic nitrogens is 14. The molecule has 23 nitrogen and oxygen atoms in total. The second-order valence-corrected chi connectivity index (χ2v) is 27.6. The molecular formula is C87H82N20O3. The highest BCUT2D eigenvalue weighted by atomic mass is 16.2. The zero-order valence-corrected chi connectivity index (χ0v) is 61.2. The summed E-state index contributed by atoms with van der Waals surface area (Å²) >= 11 is 0. The van der Waals surface area contributed by atoms with Crippen LogP contribution in [0.1, 0.15) is 99.0 Å². The summed E-state index contributed by atoms with van der Waals surface area (Å²) in [5.41, 5.74) is 37.5. The lowest BCUT2D eigenvalue weighted by Crippen LogP contribution is -2.25. The summed E-state index contributed by atoms with van der Waals surface area (Å²) in [7, 11) is 0. The largest absolute Gasteiger partial charge is 0.383 e. The lowest BCUT2D eigenvalue weighted by Gasteiger charge is -2.21. The maximum atomic E-state index is 13.0. The van der Waals surface area contributed by atoms with Crippen LogP contribution in [-0.2, 0) is 24.3 Å². The molecule has 0 aliphatic heterocycles. The van der Waals surface area contributed by atoms with E-state index in [-0.39, 0.29) is 17.7 Å². The van der Waals surface area contributed by atoms with Gasteiger partial charge in [0.25, 0.3) is 11.8 Å². The normalized spacial score (nSPS) is 12.2. The number of H-pyrrole nitrogens is 1. The van der Waals surface area contributed by atoms with Crippen molar-refractivity contribution in [3.05, 3.63) is 288 Å². The number of nitrogen functional groups attached to an aromatic ring is 3. The summed E-state index contributed by atoms with van der Waals surface area (Å²) in [6.45, 7) is 7.43. The van der Waals surface area contributed by atoms with Gasteiger partial charge in [-0.15, -0.1) is 0 Å². The number of rotatable bonds is 19. The fraction of sp³-hybridized carbons (Fsp3) is 0.172. The lowest BCUT2D eigenvalue weighted by atomic mass is 9.86.